The summed E-state index contributed by atoms with van der Waals surface area (Å²) < 4.78 is 10.0. The molecule has 0 aliphatic rings. The summed E-state index contributed by atoms with van der Waals surface area (Å²) in [5, 5.41) is 0. The van der Waals surface area contributed by atoms with Crippen LogP contribution < -0.4 is 10.5 Å². The molecule has 0 unspecified atom stereocenters. The van der Waals surface area contributed by atoms with Crippen LogP contribution in [0.25, 0.3) is 0 Å². The molecule has 0 aromatic heterocycles. The standard InChI is InChI=1S/C16H15NO4/c1-20-14-4-2-3-12(9-14)15(18)10-21-16(19)11-5-7-13(17)8-6-11/h2-9H,10,17H2,1H3. The Bertz CT molecular complexity index is 650. The third kappa shape index (κ3) is 3.82. The van der Waals surface area contributed by atoms with Crippen molar-refractivity contribution >= 4 is 17.4 Å². The molecular weight excluding hydrogens is 270 g/mol. The molecule has 5 heteroatoms. The Balaban J connectivity index is 1.97. The Kier molecular flexibility index (Phi) is 4.56. The smallest absolute Gasteiger partial charge is 0.338 e. The van der Waals surface area contributed by atoms with Crippen molar-refractivity contribution in [2.24, 2.45) is 0 Å². The number of nitrogen functional groups attached to an aromatic ring is 1. The van der Waals surface area contributed by atoms with E-state index in [1.165, 1.54) is 7.11 Å². The first-order chi connectivity index (χ1) is 10.1. The number of ketones is 1. The summed E-state index contributed by atoms with van der Waals surface area (Å²) in [6.45, 7) is -0.323. The summed E-state index contributed by atoms with van der Waals surface area (Å²) in [6.07, 6.45) is 0. The first-order valence-corrected chi connectivity index (χ1v) is 6.30. The van der Waals surface area contributed by atoms with E-state index in [9.17, 15) is 9.59 Å². The Morgan fingerprint density at radius 2 is 1.76 bits per heavy atom. The second-order valence-electron chi connectivity index (χ2n) is 4.35. The van der Waals surface area contributed by atoms with Crippen LogP contribution in [0.5, 0.6) is 5.75 Å². The van der Waals surface area contributed by atoms with Crippen LogP contribution in [-0.4, -0.2) is 25.5 Å². The molecule has 108 valence electrons. The summed E-state index contributed by atoms with van der Waals surface area (Å²) in [7, 11) is 1.52. The molecule has 2 N–H and O–H groups in total. The fourth-order valence-corrected chi connectivity index (χ4v) is 1.71. The number of rotatable bonds is 5. The number of esters is 1. The van der Waals surface area contributed by atoms with Gasteiger partial charge in [0.25, 0.3) is 0 Å². The van der Waals surface area contributed by atoms with Crippen LogP contribution in [0.2, 0.25) is 0 Å². The van der Waals surface area contributed by atoms with Crippen LogP contribution in [0, 0.1) is 0 Å². The highest BCUT2D eigenvalue weighted by Gasteiger charge is 2.12. The van der Waals surface area contributed by atoms with Crippen molar-refractivity contribution in [3.63, 3.8) is 0 Å². The molecule has 2 aromatic rings. The number of hydrogen-bond donors (Lipinski definition) is 1. The molecule has 0 amide bonds. The zero-order chi connectivity index (χ0) is 15.2. The summed E-state index contributed by atoms with van der Waals surface area (Å²) in [4.78, 5) is 23.7. The lowest BCUT2D eigenvalue weighted by Gasteiger charge is -2.06. The molecule has 0 fully saturated rings. The predicted octanol–water partition coefficient (Wildman–Crippen LogP) is 2.32. The van der Waals surface area contributed by atoms with Crippen LogP contribution in [0.3, 0.4) is 0 Å². The number of ether oxygens (including phenoxy) is 2. The third-order valence-electron chi connectivity index (χ3n) is 2.87. The predicted molar refractivity (Wildman–Crippen MR) is 78.5 cm³/mol. The highest BCUT2D eigenvalue weighted by atomic mass is 16.5. The summed E-state index contributed by atoms with van der Waals surface area (Å²) in [5.74, 6) is -0.283. The van der Waals surface area contributed by atoms with E-state index in [4.69, 9.17) is 15.2 Å². The summed E-state index contributed by atoms with van der Waals surface area (Å²) >= 11 is 0. The normalized spacial score (nSPS) is 9.95. The minimum absolute atomic E-state index is 0.294. The van der Waals surface area contributed by atoms with Gasteiger partial charge in [-0.1, -0.05) is 12.1 Å². The number of benzene rings is 2. The molecule has 0 aliphatic carbocycles. The lowest BCUT2D eigenvalue weighted by Crippen LogP contribution is -2.14. The van der Waals surface area contributed by atoms with Gasteiger partial charge in [0.05, 0.1) is 12.7 Å². The summed E-state index contributed by atoms with van der Waals surface area (Å²) in [5.41, 5.74) is 6.87. The van der Waals surface area contributed by atoms with Crippen molar-refractivity contribution in [2.75, 3.05) is 19.5 Å². The minimum atomic E-state index is -0.564. The second-order valence-corrected chi connectivity index (χ2v) is 4.35. The van der Waals surface area contributed by atoms with Gasteiger partial charge in [-0.3, -0.25) is 4.79 Å². The lowest BCUT2D eigenvalue weighted by atomic mass is 10.1. The Labute approximate surface area is 122 Å². The molecule has 0 atom stereocenters. The summed E-state index contributed by atoms with van der Waals surface area (Å²) in [6, 6.07) is 13.0. The highest BCUT2D eigenvalue weighted by Crippen LogP contribution is 2.13. The number of anilines is 1. The number of hydrogen-bond acceptors (Lipinski definition) is 5. The van der Waals surface area contributed by atoms with E-state index in [-0.39, 0.29) is 12.4 Å². The zero-order valence-corrected chi connectivity index (χ0v) is 11.5. The van der Waals surface area contributed by atoms with Gasteiger partial charge in [-0.25, -0.2) is 4.79 Å². The molecule has 2 aromatic carbocycles. The van der Waals surface area contributed by atoms with Crippen molar-refractivity contribution in [3.05, 3.63) is 59.7 Å². The van der Waals surface area contributed by atoms with E-state index >= 15 is 0 Å². The molecule has 21 heavy (non-hydrogen) atoms. The molecule has 0 heterocycles. The third-order valence-corrected chi connectivity index (χ3v) is 2.87. The van der Waals surface area contributed by atoms with Gasteiger partial charge in [0, 0.05) is 11.3 Å². The topological polar surface area (TPSA) is 78.6 Å². The largest absolute Gasteiger partial charge is 0.497 e. The van der Waals surface area contributed by atoms with Crippen LogP contribution in [0.1, 0.15) is 20.7 Å². The van der Waals surface area contributed by atoms with Crippen molar-refractivity contribution in [2.45, 2.75) is 0 Å². The van der Waals surface area contributed by atoms with Crippen LogP contribution in [-0.2, 0) is 4.74 Å². The minimum Gasteiger partial charge on any atom is -0.497 e. The number of Topliss-reactive ketones (excluding diaryl/α,β-unsaturated/α-hetero) is 1. The maximum atomic E-state index is 11.9. The zero-order valence-electron chi connectivity index (χ0n) is 11.5. The Morgan fingerprint density at radius 1 is 1.05 bits per heavy atom. The van der Waals surface area contributed by atoms with Gasteiger partial charge >= 0.3 is 5.97 Å². The molecule has 0 spiro atoms. The highest BCUT2D eigenvalue weighted by molar-refractivity contribution is 5.99. The average molecular weight is 285 g/mol. The van der Waals surface area contributed by atoms with E-state index < -0.39 is 5.97 Å². The molecule has 0 saturated carbocycles. The van der Waals surface area contributed by atoms with E-state index in [2.05, 4.69) is 0 Å². The van der Waals surface area contributed by atoms with E-state index in [0.29, 0.717) is 22.6 Å². The van der Waals surface area contributed by atoms with Crippen LogP contribution >= 0.6 is 0 Å². The van der Waals surface area contributed by atoms with Gasteiger partial charge in [-0.15, -0.1) is 0 Å². The number of carbonyl (C=O) groups is 2. The van der Waals surface area contributed by atoms with Gasteiger partial charge in [0.2, 0.25) is 0 Å². The fourth-order valence-electron chi connectivity index (χ4n) is 1.71. The number of methoxy groups -OCH3 is 1. The molecule has 0 aliphatic heterocycles. The van der Waals surface area contributed by atoms with Gasteiger partial charge in [0.1, 0.15) is 5.75 Å². The first-order valence-electron chi connectivity index (χ1n) is 6.30. The van der Waals surface area contributed by atoms with Gasteiger partial charge in [-0.2, -0.15) is 0 Å². The maximum absolute atomic E-state index is 11.9. The van der Waals surface area contributed by atoms with Crippen molar-refractivity contribution in [1.82, 2.24) is 0 Å². The van der Waals surface area contributed by atoms with Crippen LogP contribution in [0.15, 0.2) is 48.5 Å². The Hall–Kier alpha value is -2.82. The van der Waals surface area contributed by atoms with Gasteiger partial charge in [-0.05, 0) is 36.4 Å². The number of nitrogens with two attached hydrogens (primary N) is 1. The Morgan fingerprint density at radius 3 is 2.43 bits per heavy atom. The molecule has 0 bridgehead atoms. The molecule has 0 saturated heterocycles. The molecular formula is C16H15NO4. The van der Waals surface area contributed by atoms with Gasteiger partial charge < -0.3 is 15.2 Å². The van der Waals surface area contributed by atoms with Gasteiger partial charge in [0.15, 0.2) is 12.4 Å². The van der Waals surface area contributed by atoms with Crippen molar-refractivity contribution in [1.29, 1.82) is 0 Å². The molecule has 5 nitrogen and oxygen atoms in total. The van der Waals surface area contributed by atoms with Crippen molar-refractivity contribution in [3.8, 4) is 5.75 Å². The van der Waals surface area contributed by atoms with Crippen LogP contribution in [0.4, 0.5) is 5.69 Å². The van der Waals surface area contributed by atoms with E-state index in [0.717, 1.165) is 0 Å². The average Bonchev–Trinajstić information content (AvgIpc) is 2.53. The molecule has 0 radical (unpaired) electrons. The SMILES string of the molecule is COc1cccc(C(=O)COC(=O)c2ccc(N)cc2)c1. The fraction of sp³-hybridized carbons (Fsp3) is 0.125. The second kappa shape index (κ2) is 6.56. The first kappa shape index (κ1) is 14.6. The van der Waals surface area contributed by atoms with Crippen molar-refractivity contribution < 1.29 is 19.1 Å². The quantitative estimate of drug-likeness (QED) is 0.518. The molecule has 2 rings (SSSR count). The maximum Gasteiger partial charge on any atom is 0.338 e. The monoisotopic (exact) mass is 285 g/mol. The van der Waals surface area contributed by atoms with E-state index in [1.54, 1.807) is 48.5 Å². The van der Waals surface area contributed by atoms with E-state index in [1.807, 2.05) is 0 Å². The number of carbonyl (C=O) groups excluding carboxylic acids is 2. The lowest BCUT2D eigenvalue weighted by molar-refractivity contribution is 0.0475.